The number of aromatic carboxylic acids is 1. The van der Waals surface area contributed by atoms with Crippen LogP contribution in [-0.2, 0) is 10.1 Å². The van der Waals surface area contributed by atoms with Gasteiger partial charge in [-0.2, -0.15) is 8.42 Å². The van der Waals surface area contributed by atoms with Gasteiger partial charge < -0.3 is 15.7 Å². The number of para-hydroxylation sites is 1. The Morgan fingerprint density at radius 1 is 0.848 bits per heavy atom. The van der Waals surface area contributed by atoms with Gasteiger partial charge in [-0.3, -0.25) is 24.8 Å². The number of nitro groups is 2. The maximum Gasteiger partial charge on any atom is 0.336 e. The van der Waals surface area contributed by atoms with Crippen LogP contribution < -0.4 is 10.6 Å². The van der Waals surface area contributed by atoms with E-state index in [0.717, 1.165) is 6.07 Å². The van der Waals surface area contributed by atoms with Gasteiger partial charge in [-0.05, 0) is 30.3 Å². The average Bonchev–Trinajstić information content (AvgIpc) is 2.74. The van der Waals surface area contributed by atoms with E-state index in [4.69, 9.17) is 5.11 Å². The van der Waals surface area contributed by atoms with E-state index in [1.54, 1.807) is 30.3 Å². The summed E-state index contributed by atoms with van der Waals surface area (Å²) in [6, 6.07) is 13.1. The summed E-state index contributed by atoms with van der Waals surface area (Å²) >= 11 is 0. The lowest BCUT2D eigenvalue weighted by Crippen LogP contribution is -2.07. The molecule has 0 fully saturated rings. The highest BCUT2D eigenvalue weighted by Crippen LogP contribution is 2.39. The molecule has 4 N–H and O–H groups in total. The Hall–Kier alpha value is -4.56. The van der Waals surface area contributed by atoms with Crippen molar-refractivity contribution in [1.82, 2.24) is 0 Å². The monoisotopic (exact) mass is 474 g/mol. The van der Waals surface area contributed by atoms with E-state index in [9.17, 15) is 38.0 Å². The minimum Gasteiger partial charge on any atom is -0.478 e. The fourth-order valence-corrected chi connectivity index (χ4v) is 3.56. The molecule has 0 aliphatic rings. The van der Waals surface area contributed by atoms with E-state index in [1.165, 1.54) is 12.1 Å². The summed E-state index contributed by atoms with van der Waals surface area (Å²) in [5, 5.41) is 37.2. The molecule has 0 atom stereocenters. The van der Waals surface area contributed by atoms with Gasteiger partial charge in [0.25, 0.3) is 10.1 Å². The quantitative estimate of drug-likeness (QED) is 0.209. The molecular weight excluding hydrogens is 460 g/mol. The predicted molar refractivity (Wildman–Crippen MR) is 116 cm³/mol. The van der Waals surface area contributed by atoms with Gasteiger partial charge in [-0.1, -0.05) is 18.2 Å². The van der Waals surface area contributed by atoms with Crippen molar-refractivity contribution in [3.05, 3.63) is 86.5 Å². The number of nitrogens with zero attached hydrogens (tertiary/aromatic N) is 2. The van der Waals surface area contributed by atoms with Crippen molar-refractivity contribution in [2.75, 3.05) is 10.6 Å². The van der Waals surface area contributed by atoms with Gasteiger partial charge in [0.2, 0.25) is 0 Å². The van der Waals surface area contributed by atoms with E-state index in [-0.39, 0.29) is 11.4 Å². The van der Waals surface area contributed by atoms with Crippen LogP contribution in [0.2, 0.25) is 0 Å². The molecule has 0 saturated carbocycles. The van der Waals surface area contributed by atoms with Crippen LogP contribution in [0.3, 0.4) is 0 Å². The molecule has 3 aromatic rings. The third kappa shape index (κ3) is 5.20. The Kier molecular flexibility index (Phi) is 6.23. The van der Waals surface area contributed by atoms with Gasteiger partial charge in [0.15, 0.2) is 5.69 Å². The third-order valence-electron chi connectivity index (χ3n) is 4.32. The second kappa shape index (κ2) is 8.89. The normalized spacial score (nSPS) is 10.9. The second-order valence-corrected chi connectivity index (χ2v) is 7.90. The highest BCUT2D eigenvalue weighted by molar-refractivity contribution is 7.86. The SMILES string of the molecule is O=C(O)c1cc([N+](=O)[O-])c(Nc2ccc(Nc3ccccc3)c(S(=O)(=O)O)c2)c([N+](=O)[O-])c1. The summed E-state index contributed by atoms with van der Waals surface area (Å²) < 4.78 is 33.5. The van der Waals surface area contributed by atoms with Crippen molar-refractivity contribution < 1.29 is 32.7 Å². The van der Waals surface area contributed by atoms with Crippen LogP contribution in [0.4, 0.5) is 34.1 Å². The highest BCUT2D eigenvalue weighted by atomic mass is 32.2. The van der Waals surface area contributed by atoms with E-state index in [1.807, 2.05) is 0 Å². The molecule has 0 radical (unpaired) electrons. The lowest BCUT2D eigenvalue weighted by molar-refractivity contribution is -0.392. The molecule has 170 valence electrons. The molecule has 0 saturated heterocycles. The highest BCUT2D eigenvalue weighted by Gasteiger charge is 2.29. The van der Waals surface area contributed by atoms with Gasteiger partial charge in [0, 0.05) is 23.5 Å². The summed E-state index contributed by atoms with van der Waals surface area (Å²) in [4.78, 5) is 31.5. The first kappa shape index (κ1) is 23.1. The van der Waals surface area contributed by atoms with Crippen molar-refractivity contribution >= 4 is 50.2 Å². The molecule has 14 heteroatoms. The van der Waals surface area contributed by atoms with Crippen LogP contribution in [0.5, 0.6) is 0 Å². The van der Waals surface area contributed by atoms with Crippen molar-refractivity contribution in [1.29, 1.82) is 0 Å². The van der Waals surface area contributed by atoms with Gasteiger partial charge in [-0.25, -0.2) is 4.79 Å². The molecule has 0 aliphatic carbocycles. The standard InChI is InChI=1S/C19H14N4O9S/c24-19(25)11-8-15(22(26)27)18(16(9-11)23(28)29)21-13-6-7-14(17(10-13)33(30,31)32)20-12-4-2-1-3-5-12/h1-10,20-21H,(H,24,25)(H,30,31,32). The number of rotatable bonds is 8. The number of carboxylic acid groups (broad SMARTS) is 1. The summed E-state index contributed by atoms with van der Waals surface area (Å²) in [7, 11) is -4.79. The molecular formula is C19H14N4O9S. The smallest absolute Gasteiger partial charge is 0.336 e. The maximum absolute atomic E-state index is 11.9. The summed E-state index contributed by atoms with van der Waals surface area (Å²) in [5.74, 6) is -1.61. The van der Waals surface area contributed by atoms with Gasteiger partial charge >= 0.3 is 17.3 Å². The van der Waals surface area contributed by atoms with Crippen LogP contribution >= 0.6 is 0 Å². The molecule has 0 amide bonds. The zero-order valence-corrected chi connectivity index (χ0v) is 17.1. The zero-order chi connectivity index (χ0) is 24.3. The Morgan fingerprint density at radius 3 is 1.91 bits per heavy atom. The fourth-order valence-electron chi connectivity index (χ4n) is 2.89. The molecule has 0 heterocycles. The number of carbonyl (C=O) groups is 1. The van der Waals surface area contributed by atoms with Crippen molar-refractivity contribution in [2.24, 2.45) is 0 Å². The van der Waals surface area contributed by atoms with Gasteiger partial charge in [0.05, 0.1) is 21.1 Å². The number of nitrogens with one attached hydrogen (secondary N) is 2. The summed E-state index contributed by atoms with van der Waals surface area (Å²) in [6.07, 6.45) is 0. The van der Waals surface area contributed by atoms with Crippen LogP contribution in [0, 0.1) is 20.2 Å². The summed E-state index contributed by atoms with van der Waals surface area (Å²) in [6.45, 7) is 0. The maximum atomic E-state index is 11.9. The third-order valence-corrected chi connectivity index (χ3v) is 5.21. The number of hydrogen-bond donors (Lipinski definition) is 4. The number of nitro benzene ring substituents is 2. The molecule has 3 rings (SSSR count). The number of anilines is 4. The van der Waals surface area contributed by atoms with Crippen molar-refractivity contribution in [3.63, 3.8) is 0 Å². The summed E-state index contributed by atoms with van der Waals surface area (Å²) in [5.41, 5.74) is -2.86. The molecule has 0 aromatic heterocycles. The van der Waals surface area contributed by atoms with Crippen LogP contribution in [0.15, 0.2) is 65.6 Å². The van der Waals surface area contributed by atoms with E-state index in [0.29, 0.717) is 17.8 Å². The van der Waals surface area contributed by atoms with E-state index < -0.39 is 53.5 Å². The van der Waals surface area contributed by atoms with E-state index in [2.05, 4.69) is 10.6 Å². The minimum atomic E-state index is -4.79. The Morgan fingerprint density at radius 2 is 1.42 bits per heavy atom. The number of benzene rings is 3. The molecule has 0 bridgehead atoms. The van der Waals surface area contributed by atoms with Crippen LogP contribution in [0.25, 0.3) is 0 Å². The molecule has 0 unspecified atom stereocenters. The van der Waals surface area contributed by atoms with Crippen LogP contribution in [-0.4, -0.2) is 33.9 Å². The van der Waals surface area contributed by atoms with Gasteiger partial charge in [-0.15, -0.1) is 0 Å². The van der Waals surface area contributed by atoms with Crippen LogP contribution in [0.1, 0.15) is 10.4 Å². The van der Waals surface area contributed by atoms with Crippen molar-refractivity contribution in [2.45, 2.75) is 4.90 Å². The predicted octanol–water partition coefficient (Wildman–Crippen LogP) is 3.94. The first-order chi connectivity index (χ1) is 15.5. The van der Waals surface area contributed by atoms with Gasteiger partial charge in [0.1, 0.15) is 4.90 Å². The Bertz CT molecular complexity index is 1340. The molecule has 13 nitrogen and oxygen atoms in total. The first-order valence-corrected chi connectivity index (χ1v) is 10.3. The van der Waals surface area contributed by atoms with Crippen molar-refractivity contribution in [3.8, 4) is 0 Å². The largest absolute Gasteiger partial charge is 0.478 e. The first-order valence-electron chi connectivity index (χ1n) is 8.88. The molecule has 0 spiro atoms. The topological polar surface area (TPSA) is 202 Å². The zero-order valence-electron chi connectivity index (χ0n) is 16.3. The molecule has 3 aromatic carbocycles. The lowest BCUT2D eigenvalue weighted by atomic mass is 10.1. The number of carboxylic acids is 1. The lowest BCUT2D eigenvalue weighted by Gasteiger charge is -2.14. The van der Waals surface area contributed by atoms with E-state index >= 15 is 0 Å². The Labute approximate surface area is 185 Å². The second-order valence-electron chi connectivity index (χ2n) is 6.51. The Balaban J connectivity index is 2.12. The fraction of sp³-hybridized carbons (Fsp3) is 0. The average molecular weight is 474 g/mol. The molecule has 0 aliphatic heterocycles. The minimum absolute atomic E-state index is 0.0283. The number of hydrogen-bond acceptors (Lipinski definition) is 9. The molecule has 33 heavy (non-hydrogen) atoms.